The van der Waals surface area contributed by atoms with Gasteiger partial charge in [0, 0.05) is 12.1 Å². The summed E-state index contributed by atoms with van der Waals surface area (Å²) in [5.74, 6) is 1.62. The molecule has 0 radical (unpaired) electrons. The van der Waals surface area contributed by atoms with Crippen molar-refractivity contribution >= 4 is 0 Å². The van der Waals surface area contributed by atoms with Gasteiger partial charge in [0.05, 0.1) is 6.10 Å². The summed E-state index contributed by atoms with van der Waals surface area (Å²) in [7, 11) is 0. The topological polar surface area (TPSA) is 44.5 Å². The first-order chi connectivity index (χ1) is 7.99. The van der Waals surface area contributed by atoms with Gasteiger partial charge >= 0.3 is 0 Å². The Bertz CT molecular complexity index is 392. The molecular weight excluding hydrogens is 214 g/mol. The first-order valence-electron chi connectivity index (χ1n) is 6.17. The summed E-state index contributed by atoms with van der Waals surface area (Å²) in [5.41, 5.74) is 6.50. The Hall–Kier alpha value is -1.22. The second-order valence-electron chi connectivity index (χ2n) is 5.48. The predicted octanol–water partition coefficient (Wildman–Crippen LogP) is 2.86. The number of ether oxygens (including phenoxy) is 2. The molecule has 0 heterocycles. The number of hydrogen-bond acceptors (Lipinski definition) is 3. The molecule has 0 amide bonds. The van der Waals surface area contributed by atoms with E-state index in [0.29, 0.717) is 12.6 Å². The van der Waals surface area contributed by atoms with E-state index in [1.165, 1.54) is 0 Å². The Morgan fingerprint density at radius 3 is 2.53 bits per heavy atom. The lowest BCUT2D eigenvalue weighted by molar-refractivity contribution is 0.121. The highest BCUT2D eigenvalue weighted by atomic mass is 16.5. The fourth-order valence-electron chi connectivity index (χ4n) is 1.60. The third-order valence-electron chi connectivity index (χ3n) is 2.51. The molecular formula is C14H21NO2. The third kappa shape index (κ3) is 3.37. The molecule has 0 aliphatic heterocycles. The van der Waals surface area contributed by atoms with Crippen LogP contribution in [0.4, 0.5) is 0 Å². The lowest BCUT2D eigenvalue weighted by atomic mass is 10.1. The molecule has 0 spiro atoms. The third-order valence-corrected chi connectivity index (χ3v) is 2.51. The second-order valence-corrected chi connectivity index (χ2v) is 5.48. The van der Waals surface area contributed by atoms with Gasteiger partial charge in [-0.2, -0.15) is 0 Å². The smallest absolute Gasteiger partial charge is 0.166 e. The minimum atomic E-state index is -0.243. The number of nitrogens with two attached hydrogens (primary N) is 1. The standard InChI is InChI=1S/C14H21NO2/c1-14(2,3)17-13-10(9-15)5-4-6-12(13)16-11-7-8-11/h4-6,11H,7-9,15H2,1-3H3. The fourth-order valence-corrected chi connectivity index (χ4v) is 1.60. The van der Waals surface area contributed by atoms with Crippen LogP contribution in [0.2, 0.25) is 0 Å². The molecule has 0 atom stereocenters. The average molecular weight is 235 g/mol. The molecule has 0 unspecified atom stereocenters. The summed E-state index contributed by atoms with van der Waals surface area (Å²) in [6.45, 7) is 6.55. The van der Waals surface area contributed by atoms with Crippen molar-refractivity contribution < 1.29 is 9.47 Å². The van der Waals surface area contributed by atoms with Crippen molar-refractivity contribution in [2.45, 2.75) is 51.9 Å². The van der Waals surface area contributed by atoms with E-state index in [9.17, 15) is 0 Å². The molecule has 3 nitrogen and oxygen atoms in total. The van der Waals surface area contributed by atoms with E-state index >= 15 is 0 Å². The van der Waals surface area contributed by atoms with E-state index in [0.717, 1.165) is 29.9 Å². The van der Waals surface area contributed by atoms with Crippen LogP contribution in [0, 0.1) is 0 Å². The highest BCUT2D eigenvalue weighted by Gasteiger charge is 2.26. The van der Waals surface area contributed by atoms with E-state index in [4.69, 9.17) is 15.2 Å². The van der Waals surface area contributed by atoms with Crippen LogP contribution in [0.1, 0.15) is 39.2 Å². The van der Waals surface area contributed by atoms with Crippen molar-refractivity contribution in [1.82, 2.24) is 0 Å². The monoisotopic (exact) mass is 235 g/mol. The van der Waals surface area contributed by atoms with Crippen LogP contribution in [0.25, 0.3) is 0 Å². The van der Waals surface area contributed by atoms with Gasteiger partial charge in [-0.25, -0.2) is 0 Å². The predicted molar refractivity (Wildman–Crippen MR) is 68.4 cm³/mol. The maximum atomic E-state index is 5.98. The molecule has 1 aromatic carbocycles. The molecule has 1 aliphatic rings. The lowest BCUT2D eigenvalue weighted by Gasteiger charge is -2.25. The van der Waals surface area contributed by atoms with Crippen LogP contribution < -0.4 is 15.2 Å². The Kier molecular flexibility index (Phi) is 3.29. The van der Waals surface area contributed by atoms with Gasteiger partial charge in [0.1, 0.15) is 5.60 Å². The number of benzene rings is 1. The zero-order valence-corrected chi connectivity index (χ0v) is 10.8. The van der Waals surface area contributed by atoms with Crippen molar-refractivity contribution in [3.8, 4) is 11.5 Å². The van der Waals surface area contributed by atoms with Crippen LogP contribution in [0.5, 0.6) is 11.5 Å². The lowest BCUT2D eigenvalue weighted by Crippen LogP contribution is -2.24. The summed E-state index contributed by atoms with van der Waals surface area (Å²) in [4.78, 5) is 0. The van der Waals surface area contributed by atoms with E-state index < -0.39 is 0 Å². The maximum absolute atomic E-state index is 5.98. The number of rotatable bonds is 4. The molecule has 1 fully saturated rings. The van der Waals surface area contributed by atoms with Crippen molar-refractivity contribution in [2.24, 2.45) is 5.73 Å². The van der Waals surface area contributed by atoms with Crippen molar-refractivity contribution in [3.63, 3.8) is 0 Å². The van der Waals surface area contributed by atoms with Gasteiger partial charge in [-0.3, -0.25) is 0 Å². The quantitative estimate of drug-likeness (QED) is 0.872. The van der Waals surface area contributed by atoms with E-state index in [-0.39, 0.29) is 5.60 Å². The highest BCUT2D eigenvalue weighted by molar-refractivity contribution is 5.47. The summed E-state index contributed by atoms with van der Waals surface area (Å²) < 4.78 is 11.8. The zero-order valence-electron chi connectivity index (χ0n) is 10.8. The van der Waals surface area contributed by atoms with E-state index in [2.05, 4.69) is 0 Å². The van der Waals surface area contributed by atoms with Crippen LogP contribution in [-0.2, 0) is 6.54 Å². The maximum Gasteiger partial charge on any atom is 0.166 e. The van der Waals surface area contributed by atoms with Crippen LogP contribution in [0.15, 0.2) is 18.2 Å². The number of para-hydroxylation sites is 1. The highest BCUT2D eigenvalue weighted by Crippen LogP contribution is 2.37. The summed E-state index contributed by atoms with van der Waals surface area (Å²) >= 11 is 0. The molecule has 2 rings (SSSR count). The normalized spacial score (nSPS) is 15.8. The molecule has 0 bridgehead atoms. The summed E-state index contributed by atoms with van der Waals surface area (Å²) in [6, 6.07) is 5.91. The molecule has 3 heteroatoms. The molecule has 2 N–H and O–H groups in total. The Labute approximate surface area is 103 Å². The first kappa shape index (κ1) is 12.2. The van der Waals surface area contributed by atoms with Crippen LogP contribution in [-0.4, -0.2) is 11.7 Å². The van der Waals surface area contributed by atoms with E-state index in [1.54, 1.807) is 0 Å². The SMILES string of the molecule is CC(C)(C)Oc1c(CN)cccc1OC1CC1. The molecule has 94 valence electrons. The second kappa shape index (κ2) is 4.57. The van der Waals surface area contributed by atoms with Crippen molar-refractivity contribution in [3.05, 3.63) is 23.8 Å². The Morgan fingerprint density at radius 1 is 1.29 bits per heavy atom. The fraction of sp³-hybridized carbons (Fsp3) is 0.571. The molecule has 0 aromatic heterocycles. The Balaban J connectivity index is 2.28. The van der Waals surface area contributed by atoms with Crippen LogP contribution in [0.3, 0.4) is 0 Å². The summed E-state index contributed by atoms with van der Waals surface area (Å²) in [5, 5.41) is 0. The molecule has 1 aromatic rings. The van der Waals surface area contributed by atoms with Crippen LogP contribution >= 0.6 is 0 Å². The first-order valence-corrected chi connectivity index (χ1v) is 6.17. The largest absolute Gasteiger partial charge is 0.487 e. The molecule has 0 saturated heterocycles. The van der Waals surface area contributed by atoms with E-state index in [1.807, 2.05) is 39.0 Å². The molecule has 17 heavy (non-hydrogen) atoms. The molecule has 1 aliphatic carbocycles. The van der Waals surface area contributed by atoms with Gasteiger partial charge in [-0.15, -0.1) is 0 Å². The van der Waals surface area contributed by atoms with Gasteiger partial charge < -0.3 is 15.2 Å². The molecule has 1 saturated carbocycles. The number of hydrogen-bond donors (Lipinski definition) is 1. The van der Waals surface area contributed by atoms with Gasteiger partial charge in [-0.1, -0.05) is 12.1 Å². The minimum Gasteiger partial charge on any atom is -0.487 e. The Morgan fingerprint density at radius 2 is 2.00 bits per heavy atom. The minimum absolute atomic E-state index is 0.243. The van der Waals surface area contributed by atoms with Gasteiger partial charge in [0.25, 0.3) is 0 Å². The van der Waals surface area contributed by atoms with Gasteiger partial charge in [0.2, 0.25) is 0 Å². The zero-order chi connectivity index (χ0) is 12.5. The van der Waals surface area contributed by atoms with Crippen molar-refractivity contribution in [1.29, 1.82) is 0 Å². The average Bonchev–Trinajstić information content (AvgIpc) is 3.02. The van der Waals surface area contributed by atoms with Gasteiger partial charge in [0.15, 0.2) is 11.5 Å². The summed E-state index contributed by atoms with van der Waals surface area (Å²) in [6.07, 6.45) is 2.65. The van der Waals surface area contributed by atoms with Gasteiger partial charge in [-0.05, 0) is 39.7 Å². The van der Waals surface area contributed by atoms with Crippen molar-refractivity contribution in [2.75, 3.05) is 0 Å².